The van der Waals surface area contributed by atoms with Gasteiger partial charge in [-0.15, -0.1) is 0 Å². The van der Waals surface area contributed by atoms with Gasteiger partial charge in [0, 0.05) is 11.1 Å². The maximum absolute atomic E-state index is 13.7. The molecule has 1 nitrogen and oxygen atoms in total. The summed E-state index contributed by atoms with van der Waals surface area (Å²) in [5, 5.41) is 0. The molecule has 0 saturated heterocycles. The van der Waals surface area contributed by atoms with Crippen LogP contribution in [-0.2, 0) is 0 Å². The van der Waals surface area contributed by atoms with Gasteiger partial charge in [0.25, 0.3) is 0 Å². The van der Waals surface area contributed by atoms with Crippen LogP contribution >= 0.6 is 31.9 Å². The minimum absolute atomic E-state index is 0.226. The Hall–Kier alpha value is -1.78. The molecule has 0 unspecified atom stereocenters. The second-order valence-electron chi connectivity index (χ2n) is 6.77. The molecule has 0 bridgehead atoms. The number of hydrogen-bond acceptors (Lipinski definition) is 1. The monoisotopic (exact) mass is 487 g/mol. The third-order valence-corrected chi connectivity index (χ3v) is 4.89. The molecule has 3 aromatic rings. The fourth-order valence-corrected chi connectivity index (χ4v) is 3.64. The molecule has 0 aliphatic rings. The number of hydrogen-bond donors (Lipinski definition) is 0. The molecule has 138 valence electrons. The molecule has 0 spiro atoms. The number of nitrogens with zero attached hydrogens (tertiary/aromatic N) is 1. The van der Waals surface area contributed by atoms with Crippen molar-refractivity contribution in [3.05, 3.63) is 80.6 Å². The Morgan fingerprint density at radius 2 is 1.70 bits per heavy atom. The minimum atomic E-state index is -0.226. The predicted octanol–water partition coefficient (Wildman–Crippen LogP) is 8.07. The summed E-state index contributed by atoms with van der Waals surface area (Å²) in [7, 11) is 0. The van der Waals surface area contributed by atoms with E-state index in [1.165, 1.54) is 6.07 Å². The molecule has 0 atom stereocenters. The zero-order chi connectivity index (χ0) is 19.6. The normalized spacial score (nSPS) is 10.9. The average Bonchev–Trinajstić information content (AvgIpc) is 2.62. The molecule has 0 saturated carbocycles. The Balaban J connectivity index is 2.37. The van der Waals surface area contributed by atoms with Gasteiger partial charge < -0.3 is 0 Å². The molecule has 0 aliphatic carbocycles. The van der Waals surface area contributed by atoms with Gasteiger partial charge in [-0.05, 0) is 85.7 Å². The summed E-state index contributed by atoms with van der Waals surface area (Å²) in [5.74, 6) is 0.00945. The highest BCUT2D eigenvalue weighted by Crippen LogP contribution is 2.37. The average molecular weight is 489 g/mol. The van der Waals surface area contributed by atoms with E-state index in [4.69, 9.17) is 4.98 Å². The van der Waals surface area contributed by atoms with Crippen LogP contribution in [0.1, 0.15) is 36.6 Å². The van der Waals surface area contributed by atoms with E-state index < -0.39 is 0 Å². The summed E-state index contributed by atoms with van der Waals surface area (Å²) in [6.07, 6.45) is 2.02. The molecule has 0 aliphatic heterocycles. The van der Waals surface area contributed by atoms with Crippen molar-refractivity contribution in [1.82, 2.24) is 4.98 Å². The van der Waals surface area contributed by atoms with Gasteiger partial charge in [0.1, 0.15) is 5.82 Å². The Morgan fingerprint density at radius 1 is 1.00 bits per heavy atom. The van der Waals surface area contributed by atoms with Gasteiger partial charge in [0.15, 0.2) is 0 Å². The summed E-state index contributed by atoms with van der Waals surface area (Å²) in [4.78, 5) is 4.97. The first-order valence-electron chi connectivity index (χ1n) is 8.76. The first-order chi connectivity index (χ1) is 12.9. The Bertz CT molecular complexity index is 991. The van der Waals surface area contributed by atoms with E-state index in [-0.39, 0.29) is 11.7 Å². The fourth-order valence-electron chi connectivity index (χ4n) is 3.18. The van der Waals surface area contributed by atoms with Crippen molar-refractivity contribution in [2.75, 3.05) is 0 Å². The number of halogens is 3. The lowest BCUT2D eigenvalue weighted by molar-refractivity contribution is 0.627. The second kappa shape index (κ2) is 8.49. The van der Waals surface area contributed by atoms with Gasteiger partial charge in [0.2, 0.25) is 0 Å². The van der Waals surface area contributed by atoms with Crippen molar-refractivity contribution in [1.29, 1.82) is 0 Å². The van der Waals surface area contributed by atoms with Crippen LogP contribution in [0.4, 0.5) is 4.39 Å². The molecule has 0 amide bonds. The topological polar surface area (TPSA) is 12.9 Å². The summed E-state index contributed by atoms with van der Waals surface area (Å²) in [6.45, 7) is 6.21. The van der Waals surface area contributed by atoms with E-state index in [9.17, 15) is 4.39 Å². The summed E-state index contributed by atoms with van der Waals surface area (Å²) >= 11 is 6.97. The number of aryl methyl sites for hydroxylation is 1. The molecule has 0 radical (unpaired) electrons. The molecule has 0 N–H and O–H groups in total. The third kappa shape index (κ3) is 4.56. The van der Waals surface area contributed by atoms with Gasteiger partial charge in [0.05, 0.1) is 14.8 Å². The highest BCUT2D eigenvalue weighted by Gasteiger charge is 2.17. The Morgan fingerprint density at radius 3 is 2.30 bits per heavy atom. The van der Waals surface area contributed by atoms with Crippen molar-refractivity contribution in [2.24, 2.45) is 0 Å². The predicted molar refractivity (Wildman–Crippen MR) is 120 cm³/mol. The fraction of sp³-hybridized carbons (Fsp3) is 0.174. The van der Waals surface area contributed by atoms with Crippen LogP contribution in [0.15, 0.2) is 58.0 Å². The van der Waals surface area contributed by atoms with Crippen LogP contribution in [0.3, 0.4) is 0 Å². The van der Waals surface area contributed by atoms with Crippen LogP contribution in [0, 0.1) is 12.7 Å². The molecule has 4 heteroatoms. The van der Waals surface area contributed by atoms with Crippen LogP contribution in [0.25, 0.3) is 28.5 Å². The second-order valence-corrected chi connectivity index (χ2v) is 9.54. The van der Waals surface area contributed by atoms with Crippen molar-refractivity contribution in [2.45, 2.75) is 26.7 Å². The molecular weight excluding hydrogens is 469 g/mol. The lowest BCUT2D eigenvalue weighted by atomic mass is 9.90. The summed E-state index contributed by atoms with van der Waals surface area (Å²) in [6, 6.07) is 17.2. The van der Waals surface area contributed by atoms with E-state index >= 15 is 0 Å². The van der Waals surface area contributed by atoms with E-state index in [0.717, 1.165) is 42.6 Å². The van der Waals surface area contributed by atoms with Crippen LogP contribution in [0.2, 0.25) is 0 Å². The largest absolute Gasteiger partial charge is 0.252 e. The van der Waals surface area contributed by atoms with E-state index in [1.807, 2.05) is 37.3 Å². The standard InChI is InChI=1S/C23H20Br2FN/c1-14(2)23-20(13-22(24)25)19(18-10-9-17(26)11-15(18)3)12-21(27-23)16-7-5-4-6-8-16/h4-14H,1-3H3. The van der Waals surface area contributed by atoms with Crippen molar-refractivity contribution >= 4 is 37.9 Å². The smallest absolute Gasteiger partial charge is 0.123 e. The molecule has 27 heavy (non-hydrogen) atoms. The van der Waals surface area contributed by atoms with E-state index in [0.29, 0.717) is 0 Å². The molecular formula is C23H20Br2FN. The SMILES string of the molecule is Cc1cc(F)ccc1-c1cc(-c2ccccc2)nc(C(C)C)c1C=C(Br)Br. The van der Waals surface area contributed by atoms with Crippen LogP contribution in [-0.4, -0.2) is 4.98 Å². The van der Waals surface area contributed by atoms with Crippen LogP contribution < -0.4 is 0 Å². The van der Waals surface area contributed by atoms with Crippen LogP contribution in [0.5, 0.6) is 0 Å². The van der Waals surface area contributed by atoms with Gasteiger partial charge in [-0.1, -0.05) is 50.2 Å². The van der Waals surface area contributed by atoms with Gasteiger partial charge in [-0.2, -0.15) is 0 Å². The molecule has 3 rings (SSSR count). The van der Waals surface area contributed by atoms with Crippen molar-refractivity contribution in [3.8, 4) is 22.4 Å². The first kappa shape index (κ1) is 20.0. The maximum Gasteiger partial charge on any atom is 0.123 e. The van der Waals surface area contributed by atoms with E-state index in [2.05, 4.69) is 63.9 Å². The maximum atomic E-state index is 13.7. The highest BCUT2D eigenvalue weighted by atomic mass is 79.9. The number of pyridine rings is 1. The summed E-state index contributed by atoms with van der Waals surface area (Å²) < 4.78 is 14.5. The highest BCUT2D eigenvalue weighted by molar-refractivity contribution is 9.28. The zero-order valence-electron chi connectivity index (χ0n) is 15.4. The quantitative estimate of drug-likeness (QED) is 0.361. The van der Waals surface area contributed by atoms with Gasteiger partial charge in [-0.3, -0.25) is 4.98 Å². The number of aromatic nitrogens is 1. The number of benzene rings is 2. The third-order valence-electron chi connectivity index (χ3n) is 4.44. The van der Waals surface area contributed by atoms with Crippen molar-refractivity contribution in [3.63, 3.8) is 0 Å². The Kier molecular flexibility index (Phi) is 6.28. The van der Waals surface area contributed by atoms with Crippen molar-refractivity contribution < 1.29 is 4.39 Å². The lowest BCUT2D eigenvalue weighted by Gasteiger charge is -2.18. The molecule has 0 fully saturated rings. The first-order valence-corrected chi connectivity index (χ1v) is 10.3. The van der Waals surface area contributed by atoms with E-state index in [1.54, 1.807) is 6.07 Å². The Labute approximate surface area is 176 Å². The summed E-state index contributed by atoms with van der Waals surface area (Å²) in [5.41, 5.74) is 6.96. The number of rotatable bonds is 4. The lowest BCUT2D eigenvalue weighted by Crippen LogP contribution is -2.02. The minimum Gasteiger partial charge on any atom is -0.252 e. The van der Waals surface area contributed by atoms with Gasteiger partial charge >= 0.3 is 0 Å². The zero-order valence-corrected chi connectivity index (χ0v) is 18.6. The molecule has 1 heterocycles. The molecule has 2 aromatic carbocycles. The molecule has 1 aromatic heterocycles. The van der Waals surface area contributed by atoms with Gasteiger partial charge in [-0.25, -0.2) is 4.39 Å².